The number of hydrogen-bond acceptors (Lipinski definition) is 3. The van der Waals surface area contributed by atoms with Crippen LogP contribution in [-0.4, -0.2) is 36.0 Å². The molecule has 126 valence electrons. The Balaban J connectivity index is 1.38. The molecule has 3 N–H and O–H groups in total. The Bertz CT molecular complexity index is 517. The number of piperidine rings is 1. The van der Waals surface area contributed by atoms with Gasteiger partial charge >= 0.3 is 0 Å². The van der Waals surface area contributed by atoms with Gasteiger partial charge in [0.2, 0.25) is 5.91 Å². The van der Waals surface area contributed by atoms with Crippen LogP contribution in [0.15, 0.2) is 24.3 Å². The van der Waals surface area contributed by atoms with Gasteiger partial charge in [-0.25, -0.2) is 0 Å². The summed E-state index contributed by atoms with van der Waals surface area (Å²) >= 11 is 0. The SMILES string of the molecule is Nc1ccccc1CCC(=O)NC1CCN(C2CCCC2)CC1. The lowest BCUT2D eigenvalue weighted by Crippen LogP contribution is -2.47. The van der Waals surface area contributed by atoms with Crippen molar-refractivity contribution in [3.63, 3.8) is 0 Å². The molecule has 0 aromatic heterocycles. The number of nitrogens with zero attached hydrogens (tertiary/aromatic N) is 1. The first-order chi connectivity index (χ1) is 11.2. The fraction of sp³-hybridized carbons (Fsp3) is 0.632. The molecule has 0 bridgehead atoms. The zero-order valence-corrected chi connectivity index (χ0v) is 14.0. The lowest BCUT2D eigenvalue weighted by Gasteiger charge is -2.36. The van der Waals surface area contributed by atoms with Crippen molar-refractivity contribution in [1.82, 2.24) is 10.2 Å². The minimum Gasteiger partial charge on any atom is -0.399 e. The van der Waals surface area contributed by atoms with Gasteiger partial charge in [-0.3, -0.25) is 4.79 Å². The number of likely N-dealkylation sites (tertiary alicyclic amines) is 1. The highest BCUT2D eigenvalue weighted by Gasteiger charge is 2.27. The number of rotatable bonds is 5. The normalized spacial score (nSPS) is 20.7. The lowest BCUT2D eigenvalue weighted by atomic mass is 10.0. The number of carbonyl (C=O) groups is 1. The number of amides is 1. The Labute approximate surface area is 139 Å². The smallest absolute Gasteiger partial charge is 0.220 e. The predicted molar refractivity (Wildman–Crippen MR) is 94.2 cm³/mol. The van der Waals surface area contributed by atoms with Crippen LogP contribution in [0.25, 0.3) is 0 Å². The molecular formula is C19H29N3O. The fourth-order valence-corrected chi connectivity index (χ4v) is 3.99. The molecule has 2 fully saturated rings. The quantitative estimate of drug-likeness (QED) is 0.821. The number of para-hydroxylation sites is 1. The van der Waals surface area contributed by atoms with Crippen LogP contribution in [-0.2, 0) is 11.2 Å². The van der Waals surface area contributed by atoms with Crippen LogP contribution in [0.3, 0.4) is 0 Å². The van der Waals surface area contributed by atoms with E-state index in [0.717, 1.165) is 49.6 Å². The van der Waals surface area contributed by atoms with Crippen LogP contribution in [0.1, 0.15) is 50.5 Å². The Hall–Kier alpha value is -1.55. The first kappa shape index (κ1) is 16.3. The van der Waals surface area contributed by atoms with Crippen LogP contribution in [0, 0.1) is 0 Å². The third-order valence-electron chi connectivity index (χ3n) is 5.41. The van der Waals surface area contributed by atoms with Crippen molar-refractivity contribution in [3.05, 3.63) is 29.8 Å². The van der Waals surface area contributed by atoms with Crippen molar-refractivity contribution in [1.29, 1.82) is 0 Å². The van der Waals surface area contributed by atoms with Crippen molar-refractivity contribution in [2.45, 2.75) is 63.5 Å². The summed E-state index contributed by atoms with van der Waals surface area (Å²) in [6, 6.07) is 8.97. The largest absolute Gasteiger partial charge is 0.399 e. The van der Waals surface area contributed by atoms with E-state index in [9.17, 15) is 4.79 Å². The highest BCUT2D eigenvalue weighted by molar-refractivity contribution is 5.76. The van der Waals surface area contributed by atoms with E-state index in [4.69, 9.17) is 5.73 Å². The van der Waals surface area contributed by atoms with Gasteiger partial charge in [-0.2, -0.15) is 0 Å². The molecule has 1 aliphatic carbocycles. The second-order valence-electron chi connectivity index (χ2n) is 7.01. The van der Waals surface area contributed by atoms with Gasteiger partial charge in [0.05, 0.1) is 0 Å². The second kappa shape index (κ2) is 7.82. The predicted octanol–water partition coefficient (Wildman–Crippen LogP) is 2.72. The van der Waals surface area contributed by atoms with E-state index in [1.165, 1.54) is 25.7 Å². The third-order valence-corrected chi connectivity index (χ3v) is 5.41. The molecule has 0 atom stereocenters. The summed E-state index contributed by atoms with van der Waals surface area (Å²) in [4.78, 5) is 14.8. The molecule has 1 saturated carbocycles. The molecule has 1 aromatic rings. The number of anilines is 1. The van der Waals surface area contributed by atoms with Crippen LogP contribution in [0.5, 0.6) is 0 Å². The van der Waals surface area contributed by atoms with Gasteiger partial charge in [0.25, 0.3) is 0 Å². The van der Waals surface area contributed by atoms with Gasteiger partial charge in [-0.15, -0.1) is 0 Å². The summed E-state index contributed by atoms with van der Waals surface area (Å²) in [5.74, 6) is 0.160. The number of nitrogens with one attached hydrogen (secondary N) is 1. The zero-order valence-electron chi connectivity index (χ0n) is 14.0. The van der Waals surface area contributed by atoms with Crippen LogP contribution in [0.4, 0.5) is 5.69 Å². The topological polar surface area (TPSA) is 58.4 Å². The van der Waals surface area contributed by atoms with Gasteiger partial charge in [0, 0.05) is 37.3 Å². The average Bonchev–Trinajstić information content (AvgIpc) is 3.09. The molecule has 1 saturated heterocycles. The van der Waals surface area contributed by atoms with E-state index in [2.05, 4.69) is 10.2 Å². The first-order valence-corrected chi connectivity index (χ1v) is 9.09. The Morgan fingerprint density at radius 3 is 2.52 bits per heavy atom. The number of hydrogen-bond donors (Lipinski definition) is 2. The van der Waals surface area contributed by atoms with E-state index in [1.54, 1.807) is 0 Å². The Morgan fingerprint density at radius 2 is 1.83 bits per heavy atom. The van der Waals surface area contributed by atoms with Crippen molar-refractivity contribution < 1.29 is 4.79 Å². The van der Waals surface area contributed by atoms with Gasteiger partial charge < -0.3 is 16.0 Å². The number of nitrogen functional groups attached to an aromatic ring is 1. The van der Waals surface area contributed by atoms with E-state index < -0.39 is 0 Å². The molecule has 1 heterocycles. The summed E-state index contributed by atoms with van der Waals surface area (Å²) in [7, 11) is 0. The third kappa shape index (κ3) is 4.47. The molecule has 0 spiro atoms. The molecule has 1 amide bonds. The molecule has 1 aliphatic heterocycles. The van der Waals surface area contributed by atoms with E-state index in [-0.39, 0.29) is 5.91 Å². The lowest BCUT2D eigenvalue weighted by molar-refractivity contribution is -0.122. The molecule has 2 aliphatic rings. The molecule has 23 heavy (non-hydrogen) atoms. The van der Waals surface area contributed by atoms with Gasteiger partial charge in [0.1, 0.15) is 0 Å². The van der Waals surface area contributed by atoms with Gasteiger partial charge in [0.15, 0.2) is 0 Å². The minimum absolute atomic E-state index is 0.160. The van der Waals surface area contributed by atoms with E-state index >= 15 is 0 Å². The van der Waals surface area contributed by atoms with Crippen LogP contribution >= 0.6 is 0 Å². The van der Waals surface area contributed by atoms with Crippen molar-refractivity contribution >= 4 is 11.6 Å². The summed E-state index contributed by atoms with van der Waals surface area (Å²) in [5.41, 5.74) is 7.78. The maximum absolute atomic E-state index is 12.2. The van der Waals surface area contributed by atoms with Crippen molar-refractivity contribution in [3.8, 4) is 0 Å². The van der Waals surface area contributed by atoms with Gasteiger partial charge in [-0.05, 0) is 43.7 Å². The zero-order chi connectivity index (χ0) is 16.1. The van der Waals surface area contributed by atoms with E-state index in [0.29, 0.717) is 12.5 Å². The standard InChI is InChI=1S/C19H29N3O/c20-18-8-4-1-5-15(18)9-10-19(23)21-16-11-13-22(14-12-16)17-6-2-3-7-17/h1,4-5,8,16-17H,2-3,6-7,9-14,20H2,(H,21,23). The van der Waals surface area contributed by atoms with Crippen molar-refractivity contribution in [2.24, 2.45) is 0 Å². The highest BCUT2D eigenvalue weighted by Crippen LogP contribution is 2.26. The number of carbonyl (C=O) groups excluding carboxylic acids is 1. The molecular weight excluding hydrogens is 286 g/mol. The number of benzene rings is 1. The average molecular weight is 315 g/mol. The maximum atomic E-state index is 12.2. The fourth-order valence-electron chi connectivity index (χ4n) is 3.99. The summed E-state index contributed by atoms with van der Waals surface area (Å²) < 4.78 is 0. The number of aryl methyl sites for hydroxylation is 1. The summed E-state index contributed by atoms with van der Waals surface area (Å²) in [5, 5.41) is 3.21. The van der Waals surface area contributed by atoms with Crippen LogP contribution < -0.4 is 11.1 Å². The molecule has 3 rings (SSSR count). The second-order valence-corrected chi connectivity index (χ2v) is 7.01. The summed E-state index contributed by atoms with van der Waals surface area (Å²) in [6.07, 6.45) is 8.96. The Morgan fingerprint density at radius 1 is 1.13 bits per heavy atom. The minimum atomic E-state index is 0.160. The van der Waals surface area contributed by atoms with Gasteiger partial charge in [-0.1, -0.05) is 31.0 Å². The van der Waals surface area contributed by atoms with Crippen molar-refractivity contribution in [2.75, 3.05) is 18.8 Å². The molecule has 0 radical (unpaired) electrons. The van der Waals surface area contributed by atoms with Crippen LogP contribution in [0.2, 0.25) is 0 Å². The Kier molecular flexibility index (Phi) is 5.55. The van der Waals surface area contributed by atoms with E-state index in [1.807, 2.05) is 24.3 Å². The maximum Gasteiger partial charge on any atom is 0.220 e. The molecule has 0 unspecified atom stereocenters. The monoisotopic (exact) mass is 315 g/mol. The molecule has 4 nitrogen and oxygen atoms in total. The first-order valence-electron chi connectivity index (χ1n) is 9.09. The number of nitrogens with two attached hydrogens (primary N) is 1. The molecule has 1 aromatic carbocycles. The summed E-state index contributed by atoms with van der Waals surface area (Å²) in [6.45, 7) is 2.28. The highest BCUT2D eigenvalue weighted by atomic mass is 16.1. The molecule has 4 heteroatoms.